The summed E-state index contributed by atoms with van der Waals surface area (Å²) in [5.41, 5.74) is 0.692. The lowest BCUT2D eigenvalue weighted by atomic mass is 9.95. The SMILES string of the molecule is COc1ccccc1C1C(C(=O)C=Cc2ccco2)=C(O)C(=O)N1CCCN1CCOCC1. The van der Waals surface area contributed by atoms with Crippen LogP contribution in [0.25, 0.3) is 6.08 Å². The molecule has 0 radical (unpaired) electrons. The summed E-state index contributed by atoms with van der Waals surface area (Å²) in [7, 11) is 1.54. The van der Waals surface area contributed by atoms with Gasteiger partial charge in [-0.05, 0) is 36.8 Å². The molecule has 0 spiro atoms. The molecule has 1 aromatic carbocycles. The minimum atomic E-state index is -0.743. The molecule has 3 heterocycles. The van der Waals surface area contributed by atoms with Crippen LogP contribution >= 0.6 is 0 Å². The number of ether oxygens (including phenoxy) is 2. The van der Waals surface area contributed by atoms with Crippen LogP contribution in [-0.4, -0.2) is 73.1 Å². The maximum atomic E-state index is 13.2. The van der Waals surface area contributed by atoms with E-state index in [-0.39, 0.29) is 5.57 Å². The zero-order valence-corrected chi connectivity index (χ0v) is 18.6. The summed E-state index contributed by atoms with van der Waals surface area (Å²) in [5.74, 6) is -0.481. The molecule has 0 saturated carbocycles. The molecule has 1 aromatic heterocycles. The van der Waals surface area contributed by atoms with Crippen molar-refractivity contribution in [3.8, 4) is 5.75 Å². The number of carbonyl (C=O) groups is 2. The Balaban J connectivity index is 1.60. The van der Waals surface area contributed by atoms with E-state index in [0.717, 1.165) is 19.6 Å². The number of nitrogens with zero attached hydrogens (tertiary/aromatic N) is 2. The summed E-state index contributed by atoms with van der Waals surface area (Å²) in [6.07, 6.45) is 5.05. The van der Waals surface area contributed by atoms with Crippen molar-refractivity contribution in [1.82, 2.24) is 9.80 Å². The number of aliphatic hydroxyl groups is 1. The molecule has 1 saturated heterocycles. The molecular weight excluding hydrogens is 424 g/mol. The summed E-state index contributed by atoms with van der Waals surface area (Å²) >= 11 is 0. The van der Waals surface area contributed by atoms with Gasteiger partial charge in [-0.1, -0.05) is 18.2 Å². The molecule has 8 heteroatoms. The van der Waals surface area contributed by atoms with E-state index in [1.807, 2.05) is 18.2 Å². The molecule has 8 nitrogen and oxygen atoms in total. The fourth-order valence-electron chi connectivity index (χ4n) is 4.27. The van der Waals surface area contributed by atoms with E-state index in [2.05, 4.69) is 4.90 Å². The molecule has 1 amide bonds. The number of carbonyl (C=O) groups excluding carboxylic acids is 2. The number of methoxy groups -OCH3 is 1. The number of morpholine rings is 1. The van der Waals surface area contributed by atoms with E-state index in [0.29, 0.717) is 43.3 Å². The molecule has 2 aliphatic rings. The fourth-order valence-corrected chi connectivity index (χ4v) is 4.27. The minimum Gasteiger partial charge on any atom is -0.503 e. The standard InChI is InChI=1S/C25H28N2O6/c1-31-21-8-3-2-7-19(21)23-22(20(28)10-9-18-6-4-15-33-18)24(29)25(30)27(23)12-5-11-26-13-16-32-17-14-26/h2-4,6-10,15,23,29H,5,11-14,16-17H2,1H3. The van der Waals surface area contributed by atoms with Crippen LogP contribution in [0.15, 0.2) is 64.5 Å². The van der Waals surface area contributed by atoms with Crippen molar-refractivity contribution in [2.24, 2.45) is 0 Å². The third-order valence-electron chi connectivity index (χ3n) is 5.92. The zero-order valence-electron chi connectivity index (χ0n) is 18.6. The first-order valence-corrected chi connectivity index (χ1v) is 11.0. The molecule has 1 unspecified atom stereocenters. The Hall–Kier alpha value is -3.36. The molecule has 1 fully saturated rings. The number of benzene rings is 1. The van der Waals surface area contributed by atoms with Gasteiger partial charge in [-0.25, -0.2) is 0 Å². The van der Waals surface area contributed by atoms with Gasteiger partial charge >= 0.3 is 0 Å². The number of allylic oxidation sites excluding steroid dienone is 1. The smallest absolute Gasteiger partial charge is 0.290 e. The second-order valence-electron chi connectivity index (χ2n) is 7.93. The number of amides is 1. The molecule has 4 rings (SSSR count). The van der Waals surface area contributed by atoms with Crippen LogP contribution in [0.1, 0.15) is 23.8 Å². The first-order valence-electron chi connectivity index (χ1n) is 11.0. The van der Waals surface area contributed by atoms with E-state index in [4.69, 9.17) is 13.9 Å². The molecule has 33 heavy (non-hydrogen) atoms. The Morgan fingerprint density at radius 3 is 2.70 bits per heavy atom. The minimum absolute atomic E-state index is 0.0404. The van der Waals surface area contributed by atoms with Gasteiger partial charge in [0.1, 0.15) is 11.5 Å². The highest BCUT2D eigenvalue weighted by atomic mass is 16.5. The lowest BCUT2D eigenvalue weighted by molar-refractivity contribution is -0.129. The normalized spacial score (nSPS) is 19.6. The molecule has 2 aromatic rings. The lowest BCUT2D eigenvalue weighted by Gasteiger charge is -2.30. The molecule has 1 N–H and O–H groups in total. The van der Waals surface area contributed by atoms with Crippen molar-refractivity contribution in [3.05, 3.63) is 71.4 Å². The second-order valence-corrected chi connectivity index (χ2v) is 7.93. The van der Waals surface area contributed by atoms with Gasteiger partial charge < -0.3 is 23.9 Å². The second kappa shape index (κ2) is 10.5. The zero-order chi connectivity index (χ0) is 23.2. The van der Waals surface area contributed by atoms with Crippen molar-refractivity contribution in [2.75, 3.05) is 46.5 Å². The number of aliphatic hydroxyl groups excluding tert-OH is 1. The fraction of sp³-hybridized carbons (Fsp3) is 0.360. The maximum absolute atomic E-state index is 13.2. The number of hydrogen-bond donors (Lipinski definition) is 1. The van der Waals surface area contributed by atoms with Gasteiger partial charge in [0.2, 0.25) is 0 Å². The summed E-state index contributed by atoms with van der Waals surface area (Å²) in [6, 6.07) is 9.93. The van der Waals surface area contributed by atoms with Crippen LogP contribution in [0, 0.1) is 0 Å². The highest BCUT2D eigenvalue weighted by molar-refractivity contribution is 6.14. The first-order chi connectivity index (χ1) is 16.1. The highest BCUT2D eigenvalue weighted by Crippen LogP contribution is 2.41. The number of ketones is 1. The lowest BCUT2D eigenvalue weighted by Crippen LogP contribution is -2.39. The molecule has 0 bridgehead atoms. The van der Waals surface area contributed by atoms with Crippen LogP contribution in [0.3, 0.4) is 0 Å². The Morgan fingerprint density at radius 1 is 1.18 bits per heavy atom. The average Bonchev–Trinajstić information content (AvgIpc) is 3.45. The van der Waals surface area contributed by atoms with Crippen molar-refractivity contribution in [3.63, 3.8) is 0 Å². The Labute approximate surface area is 192 Å². The first kappa shape index (κ1) is 22.8. The number of rotatable bonds is 9. The largest absolute Gasteiger partial charge is 0.503 e. The van der Waals surface area contributed by atoms with E-state index in [1.54, 1.807) is 30.2 Å². The van der Waals surface area contributed by atoms with Crippen LogP contribution in [0.5, 0.6) is 5.75 Å². The predicted octanol–water partition coefficient (Wildman–Crippen LogP) is 2.99. The van der Waals surface area contributed by atoms with E-state index in [1.165, 1.54) is 18.4 Å². The Kier molecular flexibility index (Phi) is 7.26. The quantitative estimate of drug-likeness (QED) is 0.585. The third kappa shape index (κ3) is 5.02. The number of hydrogen-bond acceptors (Lipinski definition) is 7. The molecule has 174 valence electrons. The Bertz CT molecular complexity index is 1040. The van der Waals surface area contributed by atoms with Gasteiger partial charge in [-0.15, -0.1) is 0 Å². The van der Waals surface area contributed by atoms with Gasteiger partial charge in [0, 0.05) is 31.7 Å². The number of furan rings is 1. The van der Waals surface area contributed by atoms with Crippen molar-refractivity contribution in [1.29, 1.82) is 0 Å². The predicted molar refractivity (Wildman–Crippen MR) is 122 cm³/mol. The van der Waals surface area contributed by atoms with Crippen molar-refractivity contribution in [2.45, 2.75) is 12.5 Å². The van der Waals surface area contributed by atoms with Crippen LogP contribution < -0.4 is 4.74 Å². The van der Waals surface area contributed by atoms with Crippen LogP contribution in [-0.2, 0) is 14.3 Å². The van der Waals surface area contributed by atoms with Crippen LogP contribution in [0.4, 0.5) is 0 Å². The molecule has 2 aliphatic heterocycles. The van der Waals surface area contributed by atoms with Crippen molar-refractivity contribution >= 4 is 17.8 Å². The van der Waals surface area contributed by atoms with E-state index < -0.39 is 23.5 Å². The summed E-state index contributed by atoms with van der Waals surface area (Å²) in [6.45, 7) is 4.31. The summed E-state index contributed by atoms with van der Waals surface area (Å²) < 4.78 is 16.2. The van der Waals surface area contributed by atoms with Gasteiger partial charge in [0.15, 0.2) is 11.5 Å². The van der Waals surface area contributed by atoms with E-state index in [9.17, 15) is 14.7 Å². The topological polar surface area (TPSA) is 92.5 Å². The van der Waals surface area contributed by atoms with Gasteiger partial charge in [-0.3, -0.25) is 14.5 Å². The maximum Gasteiger partial charge on any atom is 0.290 e. The van der Waals surface area contributed by atoms with Gasteiger partial charge in [0.25, 0.3) is 5.91 Å². The van der Waals surface area contributed by atoms with Gasteiger partial charge in [0.05, 0.1) is 38.2 Å². The summed E-state index contributed by atoms with van der Waals surface area (Å²) in [5, 5.41) is 10.7. The van der Waals surface area contributed by atoms with Gasteiger partial charge in [-0.2, -0.15) is 0 Å². The summed E-state index contributed by atoms with van der Waals surface area (Å²) in [4.78, 5) is 30.1. The molecular formula is C25H28N2O6. The molecule has 1 atom stereocenters. The van der Waals surface area contributed by atoms with E-state index >= 15 is 0 Å². The third-order valence-corrected chi connectivity index (χ3v) is 5.92. The number of para-hydroxylation sites is 1. The monoisotopic (exact) mass is 452 g/mol. The Morgan fingerprint density at radius 2 is 1.97 bits per heavy atom. The average molecular weight is 453 g/mol. The molecule has 0 aliphatic carbocycles. The highest BCUT2D eigenvalue weighted by Gasteiger charge is 2.43. The van der Waals surface area contributed by atoms with Crippen LogP contribution in [0.2, 0.25) is 0 Å². The van der Waals surface area contributed by atoms with Crippen molar-refractivity contribution < 1.29 is 28.6 Å².